The summed E-state index contributed by atoms with van der Waals surface area (Å²) in [6, 6.07) is 6.81. The summed E-state index contributed by atoms with van der Waals surface area (Å²) in [5, 5.41) is 9.02. The van der Waals surface area contributed by atoms with Crippen LogP contribution in [0.25, 0.3) is 0 Å². The Morgan fingerprint density at radius 3 is 2.67 bits per heavy atom. The summed E-state index contributed by atoms with van der Waals surface area (Å²) in [5.74, 6) is 4.82. The summed E-state index contributed by atoms with van der Waals surface area (Å²) < 4.78 is 0. The Bertz CT molecular complexity index is 393. The van der Waals surface area contributed by atoms with Gasteiger partial charge in [-0.2, -0.15) is 5.26 Å². The minimum Gasteiger partial charge on any atom is -0.183 e. The van der Waals surface area contributed by atoms with Crippen molar-refractivity contribution in [2.75, 3.05) is 0 Å². The monoisotopic (exact) mass is 195 g/mol. The third-order valence-electron chi connectivity index (χ3n) is 1.20. The molecule has 0 N–H and O–H groups in total. The van der Waals surface area contributed by atoms with Crippen molar-refractivity contribution in [3.05, 3.63) is 33.8 Å². The number of hydrogen-bond acceptors (Lipinski definition) is 1. The second-order valence-corrected chi connectivity index (χ2v) is 2.75. The maximum absolute atomic E-state index is 8.19. The Labute approximate surface area is 80.5 Å². The molecule has 1 aromatic rings. The average Bonchev–Trinajstić information content (AvgIpc) is 2.08. The second kappa shape index (κ2) is 4.02. The van der Waals surface area contributed by atoms with Crippen LogP contribution in [0.5, 0.6) is 0 Å². The Kier molecular flexibility index (Phi) is 3.00. The highest BCUT2D eigenvalue weighted by Gasteiger charge is 1.99. The van der Waals surface area contributed by atoms with Crippen LogP contribution >= 0.6 is 23.2 Å². The van der Waals surface area contributed by atoms with Gasteiger partial charge in [0.2, 0.25) is 0 Å². The maximum atomic E-state index is 8.19. The Morgan fingerprint density at radius 1 is 1.25 bits per heavy atom. The first-order chi connectivity index (χ1) is 5.75. The zero-order valence-corrected chi connectivity index (χ0v) is 7.45. The molecule has 0 aliphatic heterocycles. The van der Waals surface area contributed by atoms with E-state index < -0.39 is 0 Å². The van der Waals surface area contributed by atoms with Crippen LogP contribution in [-0.4, -0.2) is 0 Å². The molecule has 0 spiro atoms. The molecule has 0 aliphatic carbocycles. The lowest BCUT2D eigenvalue weighted by atomic mass is 10.2. The minimum absolute atomic E-state index is 0.391. The van der Waals surface area contributed by atoms with Crippen molar-refractivity contribution in [3.63, 3.8) is 0 Å². The molecule has 0 unspecified atom stereocenters. The molecule has 1 nitrogen and oxygen atoms in total. The van der Waals surface area contributed by atoms with E-state index in [-0.39, 0.29) is 0 Å². The zero-order valence-electron chi connectivity index (χ0n) is 5.94. The summed E-state index contributed by atoms with van der Waals surface area (Å²) >= 11 is 11.5. The van der Waals surface area contributed by atoms with E-state index in [9.17, 15) is 0 Å². The number of benzene rings is 1. The lowest BCUT2D eigenvalue weighted by Crippen LogP contribution is -1.76. The van der Waals surface area contributed by atoms with Crippen molar-refractivity contribution in [1.29, 1.82) is 5.26 Å². The van der Waals surface area contributed by atoms with Crippen molar-refractivity contribution in [2.45, 2.75) is 0 Å². The van der Waals surface area contributed by atoms with E-state index in [1.165, 1.54) is 0 Å². The van der Waals surface area contributed by atoms with Crippen LogP contribution in [0.2, 0.25) is 10.0 Å². The molecule has 0 radical (unpaired) electrons. The van der Waals surface area contributed by atoms with Gasteiger partial charge in [0.25, 0.3) is 0 Å². The van der Waals surface area contributed by atoms with E-state index in [2.05, 4.69) is 11.8 Å². The van der Waals surface area contributed by atoms with Gasteiger partial charge in [0, 0.05) is 11.5 Å². The topological polar surface area (TPSA) is 23.8 Å². The number of halogens is 2. The van der Waals surface area contributed by atoms with E-state index >= 15 is 0 Å². The van der Waals surface area contributed by atoms with E-state index in [1.54, 1.807) is 24.3 Å². The van der Waals surface area contributed by atoms with Crippen molar-refractivity contribution in [3.8, 4) is 17.9 Å². The first-order valence-corrected chi connectivity index (χ1v) is 3.85. The fourth-order valence-electron chi connectivity index (χ4n) is 0.696. The van der Waals surface area contributed by atoms with Gasteiger partial charge in [-0.05, 0) is 18.1 Å². The molecule has 0 aliphatic rings. The predicted octanol–water partition coefficient (Wildman–Crippen LogP) is 2.87. The van der Waals surface area contributed by atoms with Gasteiger partial charge in [0.15, 0.2) is 6.07 Å². The van der Waals surface area contributed by atoms with Crippen LogP contribution < -0.4 is 0 Å². The maximum Gasteiger partial charge on any atom is 0.152 e. The van der Waals surface area contributed by atoms with Gasteiger partial charge < -0.3 is 0 Å². The largest absolute Gasteiger partial charge is 0.183 e. The van der Waals surface area contributed by atoms with Gasteiger partial charge in [-0.3, -0.25) is 0 Å². The average molecular weight is 196 g/mol. The molecular weight excluding hydrogens is 193 g/mol. The highest BCUT2D eigenvalue weighted by atomic mass is 35.5. The number of rotatable bonds is 0. The molecule has 0 bridgehead atoms. The third-order valence-corrected chi connectivity index (χ3v) is 2.02. The van der Waals surface area contributed by atoms with Crippen LogP contribution in [0, 0.1) is 23.2 Å². The van der Waals surface area contributed by atoms with Crippen molar-refractivity contribution in [1.82, 2.24) is 0 Å². The van der Waals surface area contributed by atoms with E-state index in [4.69, 9.17) is 28.5 Å². The molecule has 1 rings (SSSR count). The van der Waals surface area contributed by atoms with E-state index in [1.807, 2.05) is 0 Å². The van der Waals surface area contributed by atoms with Gasteiger partial charge in [-0.25, -0.2) is 0 Å². The van der Waals surface area contributed by atoms with Gasteiger partial charge >= 0.3 is 0 Å². The summed E-state index contributed by atoms with van der Waals surface area (Å²) in [7, 11) is 0. The van der Waals surface area contributed by atoms with Crippen molar-refractivity contribution < 1.29 is 0 Å². The van der Waals surface area contributed by atoms with E-state index in [0.29, 0.717) is 15.6 Å². The van der Waals surface area contributed by atoms with Crippen LogP contribution in [-0.2, 0) is 0 Å². The third kappa shape index (κ3) is 1.92. The lowest BCUT2D eigenvalue weighted by Gasteiger charge is -1.95. The molecule has 0 fully saturated rings. The van der Waals surface area contributed by atoms with Crippen molar-refractivity contribution in [2.24, 2.45) is 0 Å². The fourth-order valence-corrected chi connectivity index (χ4v) is 1.04. The Hall–Kier alpha value is -1.15. The Morgan fingerprint density at radius 2 is 2.00 bits per heavy atom. The molecule has 0 saturated heterocycles. The van der Waals surface area contributed by atoms with Gasteiger partial charge in [-0.1, -0.05) is 29.3 Å². The summed E-state index contributed by atoms with van der Waals surface area (Å²) in [6.45, 7) is 0. The van der Waals surface area contributed by atoms with Crippen LogP contribution in [0.15, 0.2) is 18.2 Å². The highest BCUT2D eigenvalue weighted by Crippen LogP contribution is 2.24. The second-order valence-electron chi connectivity index (χ2n) is 1.96. The molecule has 3 heteroatoms. The zero-order chi connectivity index (χ0) is 8.97. The van der Waals surface area contributed by atoms with Crippen LogP contribution in [0.3, 0.4) is 0 Å². The number of hydrogen-bond donors (Lipinski definition) is 0. The molecule has 1 aromatic carbocycles. The molecular formula is C9H3Cl2N. The van der Waals surface area contributed by atoms with E-state index in [0.717, 1.165) is 0 Å². The molecule has 58 valence electrons. The minimum atomic E-state index is 0.391. The summed E-state index contributed by atoms with van der Waals surface area (Å²) in [5.41, 5.74) is 0.575. The molecule has 12 heavy (non-hydrogen) atoms. The van der Waals surface area contributed by atoms with Gasteiger partial charge in [0.05, 0.1) is 10.0 Å². The Balaban J connectivity index is 3.19. The first-order valence-electron chi connectivity index (χ1n) is 3.10. The smallest absolute Gasteiger partial charge is 0.152 e. The lowest BCUT2D eigenvalue weighted by molar-refractivity contribution is 1.55. The fraction of sp³-hybridized carbons (Fsp3) is 0. The van der Waals surface area contributed by atoms with Gasteiger partial charge in [-0.15, -0.1) is 0 Å². The van der Waals surface area contributed by atoms with Crippen molar-refractivity contribution >= 4 is 23.2 Å². The predicted molar refractivity (Wildman–Crippen MR) is 49.0 cm³/mol. The summed E-state index contributed by atoms with van der Waals surface area (Å²) in [6.07, 6.45) is 0. The number of nitrogens with zero attached hydrogens (tertiary/aromatic N) is 1. The first kappa shape index (κ1) is 8.94. The van der Waals surface area contributed by atoms with Crippen LogP contribution in [0.1, 0.15) is 5.56 Å². The highest BCUT2D eigenvalue weighted by molar-refractivity contribution is 6.42. The molecule has 0 saturated carbocycles. The number of nitriles is 1. The standard InChI is InChI=1S/C9H3Cl2N/c10-8-5-1-3-7(9(8)11)4-2-6-12/h1,3,5H. The molecule has 0 aromatic heterocycles. The summed E-state index contributed by atoms with van der Waals surface area (Å²) in [4.78, 5) is 0. The van der Waals surface area contributed by atoms with Crippen LogP contribution in [0.4, 0.5) is 0 Å². The quantitative estimate of drug-likeness (QED) is 0.585. The van der Waals surface area contributed by atoms with Gasteiger partial charge in [0.1, 0.15) is 0 Å². The normalized spacial score (nSPS) is 8.08. The SMILES string of the molecule is N#CC#Cc1cccc(Cl)c1Cl. The molecule has 0 heterocycles. The molecule has 0 atom stereocenters. The molecule has 0 amide bonds.